The monoisotopic (exact) mass is 255 g/mol. The third kappa shape index (κ3) is 2.05. The predicted octanol–water partition coefficient (Wildman–Crippen LogP) is 5.26. The Labute approximate surface area is 112 Å². The summed E-state index contributed by atoms with van der Waals surface area (Å²) < 4.78 is 2.13. The molecule has 0 bridgehead atoms. The second-order valence-corrected chi connectivity index (χ2v) is 4.05. The standard InChI is InChI=1S/C14H11N.C2H3Cl/c1-2-15-13-9-5-3-7-11(13)12-8-4-6-10-14(12)15;1-2-3/h2-10H,1H2;2H,1H2. The van der Waals surface area contributed by atoms with Crippen molar-refractivity contribution in [3.8, 4) is 0 Å². The molecule has 0 spiro atoms. The van der Waals surface area contributed by atoms with Crippen LogP contribution in [0.15, 0.2) is 67.2 Å². The highest BCUT2D eigenvalue weighted by atomic mass is 35.5. The van der Waals surface area contributed by atoms with Gasteiger partial charge in [-0.2, -0.15) is 0 Å². The van der Waals surface area contributed by atoms with Crippen LogP contribution in [0, 0.1) is 0 Å². The first-order chi connectivity index (χ1) is 8.83. The minimum Gasteiger partial charge on any atom is -0.317 e. The lowest BCUT2D eigenvalue weighted by molar-refractivity contribution is 1.30. The normalized spacial score (nSPS) is 9.83. The van der Waals surface area contributed by atoms with Crippen LogP contribution >= 0.6 is 11.6 Å². The fourth-order valence-electron chi connectivity index (χ4n) is 2.15. The zero-order valence-corrected chi connectivity index (χ0v) is 10.8. The molecule has 0 saturated carbocycles. The molecular weight excluding hydrogens is 242 g/mol. The first-order valence-corrected chi connectivity index (χ1v) is 6.08. The summed E-state index contributed by atoms with van der Waals surface area (Å²) in [4.78, 5) is 0. The number of hydrogen-bond acceptors (Lipinski definition) is 0. The van der Waals surface area contributed by atoms with E-state index in [1.807, 2.05) is 6.20 Å². The lowest BCUT2D eigenvalue weighted by Gasteiger charge is -1.97. The second-order valence-electron chi connectivity index (χ2n) is 3.74. The summed E-state index contributed by atoms with van der Waals surface area (Å²) in [5.41, 5.74) is 3.66. The van der Waals surface area contributed by atoms with Crippen molar-refractivity contribution in [3.05, 3.63) is 67.2 Å². The number of nitrogens with zero attached hydrogens (tertiary/aromatic N) is 1. The summed E-state index contributed by atoms with van der Waals surface area (Å²) >= 11 is 4.76. The zero-order chi connectivity index (χ0) is 13.0. The molecule has 0 radical (unpaired) electrons. The van der Waals surface area contributed by atoms with Crippen molar-refractivity contribution < 1.29 is 0 Å². The van der Waals surface area contributed by atoms with Gasteiger partial charge in [-0.15, -0.1) is 0 Å². The molecule has 1 nitrogen and oxygen atoms in total. The van der Waals surface area contributed by atoms with E-state index in [0.29, 0.717) is 0 Å². The lowest BCUT2D eigenvalue weighted by atomic mass is 10.2. The summed E-state index contributed by atoms with van der Waals surface area (Å²) in [7, 11) is 0. The Balaban J connectivity index is 0.000000367. The van der Waals surface area contributed by atoms with Gasteiger partial charge in [-0.3, -0.25) is 0 Å². The van der Waals surface area contributed by atoms with Gasteiger partial charge in [-0.1, -0.05) is 61.2 Å². The molecule has 1 heterocycles. The van der Waals surface area contributed by atoms with E-state index in [1.165, 1.54) is 27.3 Å². The maximum absolute atomic E-state index is 4.76. The fraction of sp³-hybridized carbons (Fsp3) is 0. The smallest absolute Gasteiger partial charge is 0.0534 e. The zero-order valence-electron chi connectivity index (χ0n) is 10.0. The van der Waals surface area contributed by atoms with E-state index in [-0.39, 0.29) is 0 Å². The number of fused-ring (bicyclic) bond motifs is 3. The highest BCUT2D eigenvalue weighted by Gasteiger charge is 2.06. The lowest BCUT2D eigenvalue weighted by Crippen LogP contribution is -1.82. The molecule has 0 amide bonds. The molecule has 3 aromatic rings. The highest BCUT2D eigenvalue weighted by molar-refractivity contribution is 6.25. The third-order valence-corrected chi connectivity index (χ3v) is 2.80. The van der Waals surface area contributed by atoms with Crippen molar-refractivity contribution in [2.45, 2.75) is 0 Å². The van der Waals surface area contributed by atoms with Crippen molar-refractivity contribution in [1.29, 1.82) is 0 Å². The van der Waals surface area contributed by atoms with Gasteiger partial charge in [0.2, 0.25) is 0 Å². The van der Waals surface area contributed by atoms with E-state index in [2.05, 4.69) is 66.3 Å². The number of para-hydroxylation sites is 2. The topological polar surface area (TPSA) is 4.93 Å². The Morgan fingerprint density at radius 1 is 0.833 bits per heavy atom. The molecule has 90 valence electrons. The Kier molecular flexibility index (Phi) is 3.85. The summed E-state index contributed by atoms with van der Waals surface area (Å²) in [6, 6.07) is 16.8. The number of rotatable bonds is 1. The molecule has 0 aliphatic carbocycles. The van der Waals surface area contributed by atoms with Gasteiger partial charge in [-0.05, 0) is 17.7 Å². The average molecular weight is 256 g/mol. The molecule has 1 aromatic heterocycles. The van der Waals surface area contributed by atoms with Crippen molar-refractivity contribution in [1.82, 2.24) is 4.57 Å². The Bertz CT molecular complexity index is 641. The van der Waals surface area contributed by atoms with Gasteiger partial charge in [0, 0.05) is 17.0 Å². The number of aromatic nitrogens is 1. The molecule has 2 heteroatoms. The molecular formula is C16H14ClN. The molecule has 0 aliphatic rings. The van der Waals surface area contributed by atoms with Crippen LogP contribution in [0.5, 0.6) is 0 Å². The quantitative estimate of drug-likeness (QED) is 0.559. The van der Waals surface area contributed by atoms with Crippen molar-refractivity contribution in [2.75, 3.05) is 0 Å². The van der Waals surface area contributed by atoms with Gasteiger partial charge < -0.3 is 4.57 Å². The Morgan fingerprint density at radius 2 is 1.22 bits per heavy atom. The minimum atomic E-state index is 1.22. The van der Waals surface area contributed by atoms with Gasteiger partial charge in [0.15, 0.2) is 0 Å². The van der Waals surface area contributed by atoms with E-state index >= 15 is 0 Å². The molecule has 18 heavy (non-hydrogen) atoms. The number of hydrogen-bond donors (Lipinski definition) is 0. The van der Waals surface area contributed by atoms with Crippen LogP contribution in [0.1, 0.15) is 0 Å². The van der Waals surface area contributed by atoms with Crippen LogP contribution in [0.25, 0.3) is 28.0 Å². The summed E-state index contributed by atoms with van der Waals surface area (Å²) in [6.45, 7) is 6.99. The molecule has 0 atom stereocenters. The second kappa shape index (κ2) is 5.56. The average Bonchev–Trinajstić information content (AvgIpc) is 2.73. The van der Waals surface area contributed by atoms with Crippen molar-refractivity contribution in [3.63, 3.8) is 0 Å². The fourth-order valence-corrected chi connectivity index (χ4v) is 2.15. The Morgan fingerprint density at radius 3 is 1.61 bits per heavy atom. The van der Waals surface area contributed by atoms with Crippen LogP contribution in [-0.4, -0.2) is 4.57 Å². The largest absolute Gasteiger partial charge is 0.317 e. The Hall–Kier alpha value is -1.99. The first-order valence-electron chi connectivity index (χ1n) is 5.64. The van der Waals surface area contributed by atoms with Gasteiger partial charge in [0.1, 0.15) is 0 Å². The van der Waals surface area contributed by atoms with E-state index in [9.17, 15) is 0 Å². The molecule has 2 aromatic carbocycles. The molecule has 3 rings (SSSR count). The van der Waals surface area contributed by atoms with E-state index in [1.54, 1.807) is 0 Å². The van der Waals surface area contributed by atoms with E-state index < -0.39 is 0 Å². The molecule has 0 N–H and O–H groups in total. The SMILES string of the molecule is C=CCl.C=Cn1c2ccccc2c2ccccc21. The van der Waals surface area contributed by atoms with Gasteiger partial charge >= 0.3 is 0 Å². The predicted molar refractivity (Wildman–Crippen MR) is 81.9 cm³/mol. The van der Waals surface area contributed by atoms with Crippen LogP contribution in [0.2, 0.25) is 0 Å². The molecule has 0 fully saturated rings. The van der Waals surface area contributed by atoms with Crippen LogP contribution in [-0.2, 0) is 0 Å². The number of benzene rings is 2. The van der Waals surface area contributed by atoms with Gasteiger partial charge in [0.25, 0.3) is 0 Å². The van der Waals surface area contributed by atoms with Gasteiger partial charge in [-0.25, -0.2) is 0 Å². The minimum absolute atomic E-state index is 1.22. The third-order valence-electron chi connectivity index (χ3n) is 2.80. The molecule has 0 aliphatic heterocycles. The maximum Gasteiger partial charge on any atom is 0.0534 e. The van der Waals surface area contributed by atoms with Crippen molar-refractivity contribution >= 4 is 39.6 Å². The van der Waals surface area contributed by atoms with Crippen LogP contribution in [0.4, 0.5) is 0 Å². The summed E-state index contributed by atoms with van der Waals surface area (Å²) in [5, 5.41) is 2.57. The van der Waals surface area contributed by atoms with Crippen molar-refractivity contribution in [2.24, 2.45) is 0 Å². The summed E-state index contributed by atoms with van der Waals surface area (Å²) in [6.07, 6.45) is 1.87. The van der Waals surface area contributed by atoms with Crippen LogP contribution < -0.4 is 0 Å². The van der Waals surface area contributed by atoms with Gasteiger partial charge in [0.05, 0.1) is 11.0 Å². The maximum atomic E-state index is 4.76. The summed E-state index contributed by atoms with van der Waals surface area (Å²) in [5.74, 6) is 0. The molecule has 0 unspecified atom stereocenters. The van der Waals surface area contributed by atoms with E-state index in [4.69, 9.17) is 11.6 Å². The van der Waals surface area contributed by atoms with E-state index in [0.717, 1.165) is 0 Å². The highest BCUT2D eigenvalue weighted by Crippen LogP contribution is 2.28. The number of halogens is 1. The molecule has 0 saturated heterocycles. The first kappa shape index (κ1) is 12.5. The van der Waals surface area contributed by atoms with Crippen LogP contribution in [0.3, 0.4) is 0 Å².